The fourth-order valence-corrected chi connectivity index (χ4v) is 2.22. The highest BCUT2D eigenvalue weighted by molar-refractivity contribution is 5.82. The first-order valence-electron chi connectivity index (χ1n) is 6.83. The van der Waals surface area contributed by atoms with Crippen molar-refractivity contribution in [1.82, 2.24) is 10.2 Å². The molecule has 1 saturated heterocycles. The standard InChI is InChI=1S/C13H27N3O/c1-4-7-16-8-5-11(6-9-16)15-13(17)12(14)10(2)3/h10-12H,4-9,14H2,1-3H3,(H,15,17)/t12-/m0/s1. The highest BCUT2D eigenvalue weighted by Crippen LogP contribution is 2.11. The average Bonchev–Trinajstić information content (AvgIpc) is 2.30. The van der Waals surface area contributed by atoms with Crippen molar-refractivity contribution in [2.24, 2.45) is 11.7 Å². The summed E-state index contributed by atoms with van der Waals surface area (Å²) in [5.41, 5.74) is 5.83. The molecular formula is C13H27N3O. The Labute approximate surface area is 105 Å². The summed E-state index contributed by atoms with van der Waals surface area (Å²) < 4.78 is 0. The third-order valence-corrected chi connectivity index (χ3v) is 3.49. The summed E-state index contributed by atoms with van der Waals surface area (Å²) in [7, 11) is 0. The van der Waals surface area contributed by atoms with Crippen LogP contribution in [0.5, 0.6) is 0 Å². The smallest absolute Gasteiger partial charge is 0.237 e. The SMILES string of the molecule is CCCN1CCC(NC(=O)[C@@H](N)C(C)C)CC1. The van der Waals surface area contributed by atoms with E-state index in [2.05, 4.69) is 17.1 Å². The predicted molar refractivity (Wildman–Crippen MR) is 70.7 cm³/mol. The van der Waals surface area contributed by atoms with Crippen molar-refractivity contribution in [3.05, 3.63) is 0 Å². The fraction of sp³-hybridized carbons (Fsp3) is 0.923. The topological polar surface area (TPSA) is 58.4 Å². The number of nitrogens with one attached hydrogen (secondary N) is 1. The lowest BCUT2D eigenvalue weighted by atomic mass is 10.0. The van der Waals surface area contributed by atoms with E-state index in [1.807, 2.05) is 13.8 Å². The molecule has 3 N–H and O–H groups in total. The van der Waals surface area contributed by atoms with Gasteiger partial charge in [-0.2, -0.15) is 0 Å². The molecule has 0 bridgehead atoms. The maximum Gasteiger partial charge on any atom is 0.237 e. The van der Waals surface area contributed by atoms with Gasteiger partial charge < -0.3 is 16.0 Å². The van der Waals surface area contributed by atoms with Crippen LogP contribution in [0.3, 0.4) is 0 Å². The van der Waals surface area contributed by atoms with E-state index in [9.17, 15) is 4.79 Å². The van der Waals surface area contributed by atoms with Crippen molar-refractivity contribution >= 4 is 5.91 Å². The largest absolute Gasteiger partial charge is 0.352 e. The third-order valence-electron chi connectivity index (χ3n) is 3.49. The zero-order chi connectivity index (χ0) is 12.8. The molecule has 1 fully saturated rings. The minimum absolute atomic E-state index is 0.00828. The van der Waals surface area contributed by atoms with Gasteiger partial charge in [0, 0.05) is 19.1 Å². The molecule has 0 unspecified atom stereocenters. The number of hydrogen-bond donors (Lipinski definition) is 2. The summed E-state index contributed by atoms with van der Waals surface area (Å²) in [6, 6.07) is -0.0518. The number of nitrogens with zero attached hydrogens (tertiary/aromatic N) is 1. The third kappa shape index (κ3) is 4.64. The van der Waals surface area contributed by atoms with Crippen LogP contribution in [0.2, 0.25) is 0 Å². The molecule has 1 rings (SSSR count). The first kappa shape index (κ1) is 14.5. The van der Waals surface area contributed by atoms with Crippen LogP contribution < -0.4 is 11.1 Å². The van der Waals surface area contributed by atoms with Crippen LogP contribution in [-0.2, 0) is 4.79 Å². The van der Waals surface area contributed by atoms with Gasteiger partial charge in [0.1, 0.15) is 0 Å². The molecule has 0 aromatic carbocycles. The normalized spacial score (nSPS) is 20.5. The average molecular weight is 241 g/mol. The lowest BCUT2D eigenvalue weighted by Gasteiger charge is -2.32. The van der Waals surface area contributed by atoms with Crippen molar-refractivity contribution in [2.45, 2.75) is 52.1 Å². The molecule has 0 aliphatic carbocycles. The molecular weight excluding hydrogens is 214 g/mol. The Balaban J connectivity index is 2.28. The van der Waals surface area contributed by atoms with Crippen LogP contribution in [0.4, 0.5) is 0 Å². The summed E-state index contributed by atoms with van der Waals surface area (Å²) in [6.45, 7) is 9.52. The highest BCUT2D eigenvalue weighted by Gasteiger charge is 2.23. The Morgan fingerprint density at radius 2 is 2.00 bits per heavy atom. The molecule has 1 aliphatic rings. The van der Waals surface area contributed by atoms with E-state index >= 15 is 0 Å². The molecule has 0 spiro atoms. The molecule has 17 heavy (non-hydrogen) atoms. The lowest BCUT2D eigenvalue weighted by Crippen LogP contribution is -2.51. The van der Waals surface area contributed by atoms with Crippen molar-refractivity contribution in [3.63, 3.8) is 0 Å². The Bertz CT molecular complexity index is 235. The van der Waals surface area contributed by atoms with Crippen LogP contribution in [0.1, 0.15) is 40.0 Å². The number of piperidine rings is 1. The number of likely N-dealkylation sites (tertiary alicyclic amines) is 1. The second-order valence-electron chi connectivity index (χ2n) is 5.39. The van der Waals surface area contributed by atoms with E-state index in [0.717, 1.165) is 25.9 Å². The molecule has 0 aromatic rings. The van der Waals surface area contributed by atoms with Gasteiger partial charge in [-0.25, -0.2) is 0 Å². The van der Waals surface area contributed by atoms with E-state index in [0.29, 0.717) is 6.04 Å². The Kier molecular flexibility index (Phi) is 5.92. The van der Waals surface area contributed by atoms with Gasteiger partial charge >= 0.3 is 0 Å². The van der Waals surface area contributed by atoms with Crippen molar-refractivity contribution < 1.29 is 4.79 Å². The van der Waals surface area contributed by atoms with Gasteiger partial charge in [0.2, 0.25) is 5.91 Å². The summed E-state index contributed by atoms with van der Waals surface area (Å²) in [5, 5.41) is 3.07. The van der Waals surface area contributed by atoms with Crippen LogP contribution in [0, 0.1) is 5.92 Å². The predicted octanol–water partition coefficient (Wildman–Crippen LogP) is 0.960. The van der Waals surface area contributed by atoms with Gasteiger partial charge in [-0.15, -0.1) is 0 Å². The monoisotopic (exact) mass is 241 g/mol. The summed E-state index contributed by atoms with van der Waals surface area (Å²) in [4.78, 5) is 14.3. The van der Waals surface area contributed by atoms with E-state index < -0.39 is 0 Å². The van der Waals surface area contributed by atoms with Crippen molar-refractivity contribution in [2.75, 3.05) is 19.6 Å². The van der Waals surface area contributed by atoms with Crippen LogP contribution >= 0.6 is 0 Å². The zero-order valence-electron chi connectivity index (χ0n) is 11.4. The first-order valence-corrected chi connectivity index (χ1v) is 6.83. The molecule has 0 radical (unpaired) electrons. The molecule has 1 atom stereocenters. The molecule has 1 aliphatic heterocycles. The first-order chi connectivity index (χ1) is 8.04. The van der Waals surface area contributed by atoms with Crippen molar-refractivity contribution in [3.8, 4) is 0 Å². The lowest BCUT2D eigenvalue weighted by molar-refractivity contribution is -0.124. The van der Waals surface area contributed by atoms with E-state index in [1.54, 1.807) is 0 Å². The zero-order valence-corrected chi connectivity index (χ0v) is 11.4. The summed E-state index contributed by atoms with van der Waals surface area (Å²) in [5.74, 6) is 0.212. The van der Waals surface area contributed by atoms with Crippen LogP contribution in [-0.4, -0.2) is 42.5 Å². The van der Waals surface area contributed by atoms with E-state index in [1.165, 1.54) is 13.0 Å². The maximum absolute atomic E-state index is 11.8. The number of hydrogen-bond acceptors (Lipinski definition) is 3. The fourth-order valence-electron chi connectivity index (χ4n) is 2.22. The molecule has 1 amide bonds. The Hall–Kier alpha value is -0.610. The van der Waals surface area contributed by atoms with Crippen LogP contribution in [0.15, 0.2) is 0 Å². The van der Waals surface area contributed by atoms with E-state index in [-0.39, 0.29) is 17.9 Å². The molecule has 1 heterocycles. The van der Waals surface area contributed by atoms with Gasteiger partial charge in [0.05, 0.1) is 6.04 Å². The second-order valence-corrected chi connectivity index (χ2v) is 5.39. The van der Waals surface area contributed by atoms with Gasteiger partial charge in [0.15, 0.2) is 0 Å². The number of amides is 1. The molecule has 0 saturated carbocycles. The minimum atomic E-state index is -0.372. The van der Waals surface area contributed by atoms with Gasteiger partial charge in [0.25, 0.3) is 0 Å². The number of nitrogens with two attached hydrogens (primary N) is 1. The summed E-state index contributed by atoms with van der Waals surface area (Å²) in [6.07, 6.45) is 3.31. The Morgan fingerprint density at radius 3 is 2.47 bits per heavy atom. The molecule has 100 valence electrons. The van der Waals surface area contributed by atoms with Crippen LogP contribution in [0.25, 0.3) is 0 Å². The molecule has 0 aromatic heterocycles. The van der Waals surface area contributed by atoms with Crippen molar-refractivity contribution in [1.29, 1.82) is 0 Å². The highest BCUT2D eigenvalue weighted by atomic mass is 16.2. The second kappa shape index (κ2) is 6.97. The van der Waals surface area contributed by atoms with E-state index in [4.69, 9.17) is 5.73 Å². The number of carbonyl (C=O) groups is 1. The summed E-state index contributed by atoms with van der Waals surface area (Å²) >= 11 is 0. The maximum atomic E-state index is 11.8. The number of carbonyl (C=O) groups excluding carboxylic acids is 1. The minimum Gasteiger partial charge on any atom is -0.352 e. The number of rotatable bonds is 5. The van der Waals surface area contributed by atoms with Gasteiger partial charge in [-0.1, -0.05) is 20.8 Å². The molecule has 4 nitrogen and oxygen atoms in total. The van der Waals surface area contributed by atoms with Gasteiger partial charge in [-0.3, -0.25) is 4.79 Å². The Morgan fingerprint density at radius 1 is 1.41 bits per heavy atom. The van der Waals surface area contributed by atoms with Gasteiger partial charge in [-0.05, 0) is 31.7 Å². The molecule has 4 heteroatoms. The quantitative estimate of drug-likeness (QED) is 0.754.